The summed E-state index contributed by atoms with van der Waals surface area (Å²) in [6.45, 7) is 0.512. The number of likely N-dealkylation sites (N-methyl/N-ethyl adjacent to an activating group) is 1. The monoisotopic (exact) mass is 242 g/mol. The maximum Gasteiger partial charge on any atom is 0.255 e. The highest BCUT2D eigenvalue weighted by Crippen LogP contribution is 2.27. The molecule has 1 N–H and O–H groups in total. The zero-order valence-corrected chi connectivity index (χ0v) is 9.53. The number of halogens is 3. The summed E-state index contributed by atoms with van der Waals surface area (Å²) in [4.78, 5) is 12.3. The average Bonchev–Trinajstić information content (AvgIpc) is 2.86. The van der Waals surface area contributed by atoms with Crippen molar-refractivity contribution in [3.8, 4) is 0 Å². The molecular weight excluding hydrogens is 226 g/mol. The summed E-state index contributed by atoms with van der Waals surface area (Å²) < 4.78 is 23.8. The molecule has 0 aromatic rings. The van der Waals surface area contributed by atoms with Crippen molar-refractivity contribution >= 4 is 18.3 Å². The highest BCUT2D eigenvalue weighted by molar-refractivity contribution is 5.85. The minimum absolute atomic E-state index is 0. The minimum Gasteiger partial charge on any atom is -0.339 e. The molecule has 0 aromatic carbocycles. The lowest BCUT2D eigenvalue weighted by Gasteiger charge is -2.16. The zero-order valence-electron chi connectivity index (χ0n) is 8.71. The van der Waals surface area contributed by atoms with Gasteiger partial charge in [-0.15, -0.1) is 12.4 Å². The lowest BCUT2D eigenvalue weighted by Crippen LogP contribution is -2.38. The fourth-order valence-corrected chi connectivity index (χ4v) is 1.15. The molecule has 1 aliphatic carbocycles. The van der Waals surface area contributed by atoms with E-state index in [2.05, 4.69) is 5.32 Å². The van der Waals surface area contributed by atoms with Crippen molar-refractivity contribution in [3.05, 3.63) is 0 Å². The third kappa shape index (κ3) is 6.62. The van der Waals surface area contributed by atoms with Gasteiger partial charge in [0.1, 0.15) is 0 Å². The van der Waals surface area contributed by atoms with Crippen LogP contribution in [-0.4, -0.2) is 43.9 Å². The van der Waals surface area contributed by atoms with E-state index in [1.165, 1.54) is 19.9 Å². The average molecular weight is 243 g/mol. The van der Waals surface area contributed by atoms with Crippen LogP contribution in [0.4, 0.5) is 8.78 Å². The third-order valence-corrected chi connectivity index (χ3v) is 2.24. The molecule has 0 saturated heterocycles. The molecule has 90 valence electrons. The molecule has 1 aliphatic rings. The number of nitrogens with zero attached hydrogens (tertiary/aromatic N) is 1. The Morgan fingerprint density at radius 1 is 1.53 bits per heavy atom. The van der Waals surface area contributed by atoms with E-state index in [9.17, 15) is 13.6 Å². The number of carbonyl (C=O) groups is 1. The van der Waals surface area contributed by atoms with Gasteiger partial charge in [0.05, 0.1) is 13.1 Å². The van der Waals surface area contributed by atoms with E-state index in [1.54, 1.807) is 0 Å². The van der Waals surface area contributed by atoms with Crippen LogP contribution in [0.15, 0.2) is 0 Å². The molecule has 1 saturated carbocycles. The number of rotatable bonds is 6. The van der Waals surface area contributed by atoms with Crippen molar-refractivity contribution in [2.75, 3.05) is 26.7 Å². The summed E-state index contributed by atoms with van der Waals surface area (Å²) in [6.07, 6.45) is -0.0188. The number of carbonyl (C=O) groups excluding carboxylic acids is 1. The number of hydrogen-bond donors (Lipinski definition) is 1. The molecule has 3 nitrogen and oxygen atoms in total. The minimum atomic E-state index is -2.45. The van der Waals surface area contributed by atoms with Crippen molar-refractivity contribution < 1.29 is 13.6 Å². The van der Waals surface area contributed by atoms with Gasteiger partial charge in [0, 0.05) is 7.05 Å². The van der Waals surface area contributed by atoms with E-state index >= 15 is 0 Å². The van der Waals surface area contributed by atoms with Gasteiger partial charge in [-0.05, 0) is 25.3 Å². The van der Waals surface area contributed by atoms with Gasteiger partial charge in [0.15, 0.2) is 0 Å². The lowest BCUT2D eigenvalue weighted by molar-refractivity contribution is -0.130. The van der Waals surface area contributed by atoms with Gasteiger partial charge in [-0.3, -0.25) is 4.79 Å². The largest absolute Gasteiger partial charge is 0.339 e. The first-order chi connectivity index (χ1) is 6.59. The van der Waals surface area contributed by atoms with Crippen LogP contribution >= 0.6 is 12.4 Å². The summed E-state index contributed by atoms with van der Waals surface area (Å²) in [7, 11) is 1.40. The Kier molecular flexibility index (Phi) is 6.76. The molecule has 0 bridgehead atoms. The van der Waals surface area contributed by atoms with E-state index < -0.39 is 13.0 Å². The first kappa shape index (κ1) is 14.6. The van der Waals surface area contributed by atoms with E-state index in [4.69, 9.17) is 0 Å². The Morgan fingerprint density at radius 3 is 2.60 bits per heavy atom. The van der Waals surface area contributed by atoms with Crippen molar-refractivity contribution in [2.24, 2.45) is 5.92 Å². The summed E-state index contributed by atoms with van der Waals surface area (Å²) in [5.41, 5.74) is 0. The van der Waals surface area contributed by atoms with E-state index in [0.717, 1.165) is 11.4 Å². The van der Waals surface area contributed by atoms with Crippen LogP contribution < -0.4 is 5.32 Å². The Bertz CT molecular complexity index is 201. The van der Waals surface area contributed by atoms with Crippen molar-refractivity contribution in [3.63, 3.8) is 0 Å². The summed E-state index contributed by atoms with van der Waals surface area (Å²) in [5, 5.41) is 2.97. The second kappa shape index (κ2) is 6.95. The quantitative estimate of drug-likeness (QED) is 0.758. The van der Waals surface area contributed by atoms with Gasteiger partial charge in [-0.1, -0.05) is 0 Å². The molecule has 0 spiro atoms. The van der Waals surface area contributed by atoms with Gasteiger partial charge < -0.3 is 10.2 Å². The topological polar surface area (TPSA) is 32.3 Å². The second-order valence-electron chi connectivity index (χ2n) is 3.74. The predicted molar refractivity (Wildman–Crippen MR) is 56.5 cm³/mol. The van der Waals surface area contributed by atoms with Crippen LogP contribution in [-0.2, 0) is 4.79 Å². The van der Waals surface area contributed by atoms with Crippen LogP contribution in [0.3, 0.4) is 0 Å². The standard InChI is InChI=1S/C9H16F2N2O.ClH/c1-13(6-8(10)11)9(14)5-12-4-7-2-3-7;/h7-8,12H,2-6H2,1H3;1H. The summed E-state index contributed by atoms with van der Waals surface area (Å²) in [6, 6.07) is 0. The SMILES string of the molecule is CN(CC(F)F)C(=O)CNCC1CC1.Cl. The van der Waals surface area contributed by atoms with Gasteiger partial charge in [-0.2, -0.15) is 0 Å². The summed E-state index contributed by atoms with van der Waals surface area (Å²) in [5.74, 6) is 0.425. The fraction of sp³-hybridized carbons (Fsp3) is 0.889. The van der Waals surface area contributed by atoms with Gasteiger partial charge in [0.2, 0.25) is 5.91 Å². The fourth-order valence-electron chi connectivity index (χ4n) is 1.15. The summed E-state index contributed by atoms with van der Waals surface area (Å²) >= 11 is 0. The zero-order chi connectivity index (χ0) is 10.6. The molecule has 15 heavy (non-hydrogen) atoms. The molecule has 0 heterocycles. The van der Waals surface area contributed by atoms with E-state index in [-0.39, 0.29) is 24.9 Å². The van der Waals surface area contributed by atoms with Crippen molar-refractivity contribution in [1.82, 2.24) is 10.2 Å². The Balaban J connectivity index is 0.00000196. The maximum atomic E-state index is 11.9. The lowest BCUT2D eigenvalue weighted by atomic mass is 10.4. The molecule has 0 aliphatic heterocycles. The van der Waals surface area contributed by atoms with Crippen LogP contribution in [0.25, 0.3) is 0 Å². The molecule has 0 unspecified atom stereocenters. The number of amides is 1. The molecule has 1 fully saturated rings. The first-order valence-electron chi connectivity index (χ1n) is 4.82. The van der Waals surface area contributed by atoms with E-state index in [0.29, 0.717) is 5.92 Å². The molecule has 0 radical (unpaired) electrons. The Labute approximate surface area is 94.6 Å². The molecule has 6 heteroatoms. The number of nitrogens with one attached hydrogen (secondary N) is 1. The highest BCUT2D eigenvalue weighted by Gasteiger charge is 2.21. The van der Waals surface area contributed by atoms with Gasteiger partial charge in [0.25, 0.3) is 6.43 Å². The smallest absolute Gasteiger partial charge is 0.255 e. The predicted octanol–water partition coefficient (Wildman–Crippen LogP) is 1.13. The molecule has 1 amide bonds. The van der Waals surface area contributed by atoms with E-state index in [1.807, 2.05) is 0 Å². The van der Waals surface area contributed by atoms with Gasteiger partial charge >= 0.3 is 0 Å². The maximum absolute atomic E-state index is 11.9. The number of hydrogen-bond acceptors (Lipinski definition) is 2. The Hall–Kier alpha value is -0.420. The normalized spacial score (nSPS) is 14.9. The molecule has 0 atom stereocenters. The van der Waals surface area contributed by atoms with Crippen molar-refractivity contribution in [1.29, 1.82) is 0 Å². The Morgan fingerprint density at radius 2 is 2.13 bits per heavy atom. The van der Waals surface area contributed by atoms with Crippen LogP contribution in [0.2, 0.25) is 0 Å². The molecule has 0 aromatic heterocycles. The molecular formula is C9H17ClF2N2O. The van der Waals surface area contributed by atoms with Crippen LogP contribution in [0, 0.1) is 5.92 Å². The second-order valence-corrected chi connectivity index (χ2v) is 3.74. The van der Waals surface area contributed by atoms with Crippen LogP contribution in [0.1, 0.15) is 12.8 Å². The number of alkyl halides is 2. The van der Waals surface area contributed by atoms with Crippen molar-refractivity contribution in [2.45, 2.75) is 19.3 Å². The van der Waals surface area contributed by atoms with Gasteiger partial charge in [-0.25, -0.2) is 8.78 Å². The highest BCUT2D eigenvalue weighted by atomic mass is 35.5. The van der Waals surface area contributed by atoms with Crippen LogP contribution in [0.5, 0.6) is 0 Å². The first-order valence-corrected chi connectivity index (χ1v) is 4.82. The third-order valence-electron chi connectivity index (χ3n) is 2.24. The molecule has 1 rings (SSSR count).